The highest BCUT2D eigenvalue weighted by Gasteiger charge is 2.18. The van der Waals surface area contributed by atoms with Gasteiger partial charge in [0.25, 0.3) is 5.56 Å². The molecule has 8 heteroatoms. The number of hydrogen-bond donors (Lipinski definition) is 1. The fourth-order valence-electron chi connectivity index (χ4n) is 3.30. The van der Waals surface area contributed by atoms with Crippen LogP contribution in [-0.4, -0.2) is 19.8 Å². The van der Waals surface area contributed by atoms with Gasteiger partial charge in [0.1, 0.15) is 17.6 Å². The summed E-state index contributed by atoms with van der Waals surface area (Å²) in [4.78, 5) is 17.6. The lowest BCUT2D eigenvalue weighted by Gasteiger charge is -2.14. The molecule has 0 atom stereocenters. The summed E-state index contributed by atoms with van der Waals surface area (Å²) in [6.07, 6.45) is 1.86. The second-order valence-electron chi connectivity index (χ2n) is 6.55. The van der Waals surface area contributed by atoms with Gasteiger partial charge in [0.05, 0.1) is 17.8 Å². The first-order valence-electron chi connectivity index (χ1n) is 9.43. The zero-order valence-electron chi connectivity index (χ0n) is 16.5. The molecule has 0 aliphatic carbocycles. The summed E-state index contributed by atoms with van der Waals surface area (Å²) in [6, 6.07) is 5.50. The molecule has 2 aromatic heterocycles. The van der Waals surface area contributed by atoms with Crippen molar-refractivity contribution in [2.75, 3.05) is 0 Å². The van der Waals surface area contributed by atoms with Crippen molar-refractivity contribution in [1.82, 2.24) is 14.7 Å². The lowest BCUT2D eigenvalue weighted by molar-refractivity contribution is 0.416. The number of aromatic nitrogens is 3. The molecule has 0 saturated carbocycles. The fraction of sp³-hybridized carbons (Fsp3) is 0.333. The van der Waals surface area contributed by atoms with Gasteiger partial charge in [-0.15, -0.1) is 0 Å². The van der Waals surface area contributed by atoms with E-state index in [1.165, 1.54) is 0 Å². The van der Waals surface area contributed by atoms with Crippen LogP contribution in [0.15, 0.2) is 27.5 Å². The van der Waals surface area contributed by atoms with E-state index in [-0.39, 0.29) is 29.0 Å². The van der Waals surface area contributed by atoms with Crippen LogP contribution in [-0.2, 0) is 25.8 Å². The highest BCUT2D eigenvalue weighted by molar-refractivity contribution is 5.68. The summed E-state index contributed by atoms with van der Waals surface area (Å²) >= 11 is 0. The van der Waals surface area contributed by atoms with Crippen molar-refractivity contribution >= 4 is 0 Å². The Balaban J connectivity index is 2.03. The van der Waals surface area contributed by atoms with Crippen molar-refractivity contribution in [2.45, 2.75) is 46.6 Å². The summed E-state index contributed by atoms with van der Waals surface area (Å²) in [5.41, 5.74) is 2.09. The van der Waals surface area contributed by atoms with Crippen LogP contribution >= 0.6 is 0 Å². The summed E-state index contributed by atoms with van der Waals surface area (Å²) < 4.78 is 20.4. The number of rotatable bonds is 6. The Bertz CT molecular complexity index is 1160. The van der Waals surface area contributed by atoms with Crippen molar-refractivity contribution < 1.29 is 14.0 Å². The Hall–Kier alpha value is -3.47. The number of nitriles is 1. The van der Waals surface area contributed by atoms with Gasteiger partial charge in [-0.05, 0) is 25.0 Å². The van der Waals surface area contributed by atoms with Crippen LogP contribution in [0.3, 0.4) is 0 Å². The number of phenols is 1. The van der Waals surface area contributed by atoms with Crippen LogP contribution in [0.5, 0.6) is 5.75 Å². The predicted octanol–water partition coefficient (Wildman–Crippen LogP) is 3.35. The van der Waals surface area contributed by atoms with Crippen molar-refractivity contribution in [2.24, 2.45) is 0 Å². The molecule has 0 amide bonds. The van der Waals surface area contributed by atoms with E-state index in [9.17, 15) is 19.6 Å². The number of phenolic OH excluding ortho intramolecular Hbond substituents is 1. The molecule has 3 aromatic rings. The number of benzene rings is 1. The lowest BCUT2D eigenvalue weighted by atomic mass is 10.0. The third-order valence-electron chi connectivity index (χ3n) is 4.78. The van der Waals surface area contributed by atoms with Crippen molar-refractivity contribution in [3.05, 3.63) is 62.7 Å². The second-order valence-corrected chi connectivity index (χ2v) is 6.55. The Morgan fingerprint density at radius 1 is 1.21 bits per heavy atom. The Kier molecular flexibility index (Phi) is 5.78. The molecule has 150 valence electrons. The molecule has 29 heavy (non-hydrogen) atoms. The molecule has 0 radical (unpaired) electrons. The standard InChI is InChI=1S/C21H21FN4O3/c1-4-14-17(5-2)24-20(6-3)26(21(14)28)11-13-8-19(29-25-13)15-9-18(27)16(22)7-12(15)10-23/h7-9,27H,4-6,11H2,1-3H3. The van der Waals surface area contributed by atoms with E-state index >= 15 is 0 Å². The normalized spacial score (nSPS) is 10.9. The van der Waals surface area contributed by atoms with E-state index in [1.54, 1.807) is 10.6 Å². The van der Waals surface area contributed by atoms with Gasteiger partial charge in [-0.2, -0.15) is 5.26 Å². The smallest absolute Gasteiger partial charge is 0.257 e. The maximum absolute atomic E-state index is 13.5. The third-order valence-corrected chi connectivity index (χ3v) is 4.78. The zero-order valence-corrected chi connectivity index (χ0v) is 16.5. The van der Waals surface area contributed by atoms with Gasteiger partial charge >= 0.3 is 0 Å². The van der Waals surface area contributed by atoms with Gasteiger partial charge in [-0.1, -0.05) is 25.9 Å². The molecule has 3 rings (SSSR count). The molecule has 0 unspecified atom stereocenters. The summed E-state index contributed by atoms with van der Waals surface area (Å²) in [6.45, 7) is 5.98. The van der Waals surface area contributed by atoms with E-state index in [4.69, 9.17) is 4.52 Å². The summed E-state index contributed by atoms with van der Waals surface area (Å²) in [5, 5.41) is 22.9. The lowest BCUT2D eigenvalue weighted by Crippen LogP contribution is -2.30. The van der Waals surface area contributed by atoms with Crippen LogP contribution in [0.25, 0.3) is 11.3 Å². The first-order valence-corrected chi connectivity index (χ1v) is 9.43. The van der Waals surface area contributed by atoms with E-state index in [2.05, 4.69) is 10.1 Å². The SMILES string of the molecule is CCc1nc(CC)n(Cc2cc(-c3cc(O)c(F)cc3C#N)on2)c(=O)c1CC. The number of aromatic hydroxyl groups is 1. The number of hydrogen-bond acceptors (Lipinski definition) is 6. The monoisotopic (exact) mass is 396 g/mol. The Labute approximate surface area is 167 Å². The van der Waals surface area contributed by atoms with E-state index in [0.717, 1.165) is 17.8 Å². The highest BCUT2D eigenvalue weighted by Crippen LogP contribution is 2.30. The van der Waals surface area contributed by atoms with Crippen LogP contribution in [0.1, 0.15) is 49.1 Å². The minimum Gasteiger partial charge on any atom is -0.505 e. The zero-order chi connectivity index (χ0) is 21.1. The Morgan fingerprint density at radius 3 is 2.59 bits per heavy atom. The van der Waals surface area contributed by atoms with Crippen LogP contribution in [0, 0.1) is 17.1 Å². The highest BCUT2D eigenvalue weighted by atomic mass is 19.1. The molecule has 0 bridgehead atoms. The quantitative estimate of drug-likeness (QED) is 0.685. The van der Waals surface area contributed by atoms with Gasteiger partial charge in [0, 0.05) is 23.6 Å². The van der Waals surface area contributed by atoms with Gasteiger partial charge in [-0.3, -0.25) is 9.36 Å². The van der Waals surface area contributed by atoms with E-state index in [0.29, 0.717) is 36.3 Å². The first kappa shape index (κ1) is 20.3. The van der Waals surface area contributed by atoms with Crippen molar-refractivity contribution in [3.63, 3.8) is 0 Å². The second kappa shape index (κ2) is 8.27. The van der Waals surface area contributed by atoms with Crippen LogP contribution in [0.2, 0.25) is 0 Å². The van der Waals surface area contributed by atoms with Gasteiger partial charge in [0.15, 0.2) is 17.3 Å². The summed E-state index contributed by atoms with van der Waals surface area (Å²) in [7, 11) is 0. The van der Waals surface area contributed by atoms with Crippen LogP contribution < -0.4 is 5.56 Å². The van der Waals surface area contributed by atoms with Gasteiger partial charge in [-0.25, -0.2) is 9.37 Å². The minimum absolute atomic E-state index is 0.0108. The minimum atomic E-state index is -0.890. The summed E-state index contributed by atoms with van der Waals surface area (Å²) in [5.74, 6) is -0.621. The number of aryl methyl sites for hydroxylation is 2. The molecule has 7 nitrogen and oxygen atoms in total. The van der Waals surface area contributed by atoms with Crippen molar-refractivity contribution in [3.8, 4) is 23.1 Å². The van der Waals surface area contributed by atoms with Crippen LogP contribution in [0.4, 0.5) is 4.39 Å². The molecule has 0 aliphatic rings. The molecule has 0 spiro atoms. The molecule has 1 aromatic carbocycles. The van der Waals surface area contributed by atoms with E-state index < -0.39 is 11.6 Å². The first-order chi connectivity index (χ1) is 13.9. The molecule has 0 aliphatic heterocycles. The maximum Gasteiger partial charge on any atom is 0.257 e. The van der Waals surface area contributed by atoms with Crippen molar-refractivity contribution in [1.29, 1.82) is 5.26 Å². The topological polar surface area (TPSA) is 105 Å². The Morgan fingerprint density at radius 2 is 1.97 bits per heavy atom. The molecule has 1 N–H and O–H groups in total. The number of nitrogens with zero attached hydrogens (tertiary/aromatic N) is 4. The average molecular weight is 396 g/mol. The fourth-order valence-corrected chi connectivity index (χ4v) is 3.30. The molecule has 0 saturated heterocycles. The predicted molar refractivity (Wildman–Crippen MR) is 104 cm³/mol. The third kappa shape index (κ3) is 3.76. The largest absolute Gasteiger partial charge is 0.505 e. The molecular formula is C21H21FN4O3. The average Bonchev–Trinajstić information content (AvgIpc) is 3.19. The number of halogens is 1. The molecule has 2 heterocycles. The molecule has 0 fully saturated rings. The maximum atomic E-state index is 13.5. The van der Waals surface area contributed by atoms with Gasteiger partial charge in [0.2, 0.25) is 0 Å². The molecular weight excluding hydrogens is 375 g/mol. The van der Waals surface area contributed by atoms with E-state index in [1.807, 2.05) is 26.8 Å². The van der Waals surface area contributed by atoms with Gasteiger partial charge < -0.3 is 9.63 Å².